The molecule has 0 N–H and O–H groups in total. The Morgan fingerprint density at radius 1 is 0.931 bits per heavy atom. The van der Waals surface area contributed by atoms with Crippen molar-refractivity contribution in [3.63, 3.8) is 0 Å². The lowest BCUT2D eigenvalue weighted by Gasteiger charge is -2.33. The third kappa shape index (κ3) is 4.21. The first kappa shape index (κ1) is 19.7. The molecule has 4 rings (SSSR count). The lowest BCUT2D eigenvalue weighted by Crippen LogP contribution is -2.48. The SMILES string of the molecule is O=S(=O)(c1ccc(F)c(F)c1)N1CCN(Cc2cc(-c3ccccc3)no2)CC1. The van der Waals surface area contributed by atoms with Crippen LogP contribution in [-0.4, -0.2) is 49.0 Å². The summed E-state index contributed by atoms with van der Waals surface area (Å²) in [7, 11) is -3.87. The monoisotopic (exact) mass is 419 g/mol. The molecule has 0 unspecified atom stereocenters. The molecule has 0 atom stereocenters. The van der Waals surface area contributed by atoms with Crippen LogP contribution in [0, 0.1) is 11.6 Å². The van der Waals surface area contributed by atoms with E-state index in [1.807, 2.05) is 36.4 Å². The first-order valence-electron chi connectivity index (χ1n) is 9.12. The third-order valence-corrected chi connectivity index (χ3v) is 6.76. The number of nitrogens with zero attached hydrogens (tertiary/aromatic N) is 3. The summed E-state index contributed by atoms with van der Waals surface area (Å²) in [6.45, 7) is 2.00. The van der Waals surface area contributed by atoms with Gasteiger partial charge < -0.3 is 4.52 Å². The van der Waals surface area contributed by atoms with Gasteiger partial charge in [-0.15, -0.1) is 0 Å². The lowest BCUT2D eigenvalue weighted by atomic mass is 10.1. The van der Waals surface area contributed by atoms with Crippen LogP contribution in [0.2, 0.25) is 0 Å². The number of sulfonamides is 1. The third-order valence-electron chi connectivity index (χ3n) is 4.87. The molecule has 1 saturated heterocycles. The molecule has 2 heterocycles. The molecule has 1 aliphatic heterocycles. The Balaban J connectivity index is 1.38. The molecule has 0 aliphatic carbocycles. The van der Waals surface area contributed by atoms with Gasteiger partial charge in [0.1, 0.15) is 5.69 Å². The Kier molecular flexibility index (Phi) is 5.44. The molecule has 1 aliphatic rings. The molecule has 152 valence electrons. The molecule has 2 aromatic carbocycles. The van der Waals surface area contributed by atoms with Crippen LogP contribution in [-0.2, 0) is 16.6 Å². The van der Waals surface area contributed by atoms with Gasteiger partial charge >= 0.3 is 0 Å². The Morgan fingerprint density at radius 3 is 2.34 bits per heavy atom. The van der Waals surface area contributed by atoms with Crippen molar-refractivity contribution in [1.82, 2.24) is 14.4 Å². The molecular weight excluding hydrogens is 400 g/mol. The quantitative estimate of drug-likeness (QED) is 0.636. The lowest BCUT2D eigenvalue weighted by molar-refractivity contribution is 0.166. The fourth-order valence-corrected chi connectivity index (χ4v) is 4.70. The number of halogens is 2. The van der Waals surface area contributed by atoms with Crippen molar-refractivity contribution in [3.8, 4) is 11.3 Å². The van der Waals surface area contributed by atoms with Crippen molar-refractivity contribution in [2.45, 2.75) is 11.4 Å². The molecule has 0 spiro atoms. The van der Waals surface area contributed by atoms with Crippen molar-refractivity contribution in [3.05, 3.63) is 72.0 Å². The van der Waals surface area contributed by atoms with Crippen LogP contribution in [0.4, 0.5) is 8.78 Å². The molecule has 0 amide bonds. The zero-order chi connectivity index (χ0) is 20.4. The second kappa shape index (κ2) is 8.02. The molecule has 0 radical (unpaired) electrons. The van der Waals surface area contributed by atoms with E-state index in [0.29, 0.717) is 25.4 Å². The van der Waals surface area contributed by atoms with E-state index >= 15 is 0 Å². The maximum Gasteiger partial charge on any atom is 0.243 e. The van der Waals surface area contributed by atoms with Crippen LogP contribution in [0.1, 0.15) is 5.76 Å². The van der Waals surface area contributed by atoms with Crippen molar-refractivity contribution < 1.29 is 21.7 Å². The van der Waals surface area contributed by atoms with E-state index in [1.165, 1.54) is 4.31 Å². The maximum absolute atomic E-state index is 13.4. The summed E-state index contributed by atoms with van der Waals surface area (Å²) in [5.41, 5.74) is 1.71. The number of hydrogen-bond acceptors (Lipinski definition) is 5. The van der Waals surface area contributed by atoms with E-state index < -0.39 is 21.7 Å². The fourth-order valence-electron chi connectivity index (χ4n) is 3.27. The normalized spacial score (nSPS) is 16.2. The van der Waals surface area contributed by atoms with Crippen LogP contribution in [0.15, 0.2) is 64.0 Å². The summed E-state index contributed by atoms with van der Waals surface area (Å²) >= 11 is 0. The van der Waals surface area contributed by atoms with Gasteiger partial charge in [0.05, 0.1) is 11.4 Å². The summed E-state index contributed by atoms with van der Waals surface area (Å²) in [5.74, 6) is -1.55. The topological polar surface area (TPSA) is 66.7 Å². The highest BCUT2D eigenvalue weighted by molar-refractivity contribution is 7.89. The van der Waals surface area contributed by atoms with E-state index in [2.05, 4.69) is 10.1 Å². The summed E-state index contributed by atoms with van der Waals surface area (Å²) in [4.78, 5) is 1.82. The minimum Gasteiger partial charge on any atom is -0.359 e. The first-order valence-corrected chi connectivity index (χ1v) is 10.6. The van der Waals surface area contributed by atoms with E-state index in [0.717, 1.165) is 29.5 Å². The van der Waals surface area contributed by atoms with Gasteiger partial charge in [0.25, 0.3) is 0 Å². The number of piperazine rings is 1. The Bertz CT molecular complexity index is 1100. The van der Waals surface area contributed by atoms with E-state index in [1.54, 1.807) is 0 Å². The van der Waals surface area contributed by atoms with Crippen LogP contribution in [0.25, 0.3) is 11.3 Å². The Labute approximate surface area is 167 Å². The number of aromatic nitrogens is 1. The highest BCUT2D eigenvalue weighted by Gasteiger charge is 2.29. The number of benzene rings is 2. The Hall–Kier alpha value is -2.62. The molecule has 6 nitrogen and oxygen atoms in total. The van der Waals surface area contributed by atoms with Crippen molar-refractivity contribution in [2.24, 2.45) is 0 Å². The van der Waals surface area contributed by atoms with Gasteiger partial charge in [-0.25, -0.2) is 17.2 Å². The van der Waals surface area contributed by atoms with Gasteiger partial charge in [-0.3, -0.25) is 4.90 Å². The predicted octanol–water partition coefficient (Wildman–Crippen LogP) is 3.13. The summed E-state index contributed by atoms with van der Waals surface area (Å²) in [6.07, 6.45) is 0. The van der Waals surface area contributed by atoms with Crippen molar-refractivity contribution in [1.29, 1.82) is 0 Å². The molecule has 9 heteroatoms. The van der Waals surface area contributed by atoms with Gasteiger partial charge in [0.15, 0.2) is 17.4 Å². The molecule has 29 heavy (non-hydrogen) atoms. The summed E-state index contributed by atoms with van der Waals surface area (Å²) in [6, 6.07) is 14.2. The summed E-state index contributed by atoms with van der Waals surface area (Å²) < 4.78 is 58.5. The largest absolute Gasteiger partial charge is 0.359 e. The van der Waals surface area contributed by atoms with Crippen molar-refractivity contribution >= 4 is 10.0 Å². The van der Waals surface area contributed by atoms with Crippen LogP contribution >= 0.6 is 0 Å². The second-order valence-corrected chi connectivity index (χ2v) is 8.74. The zero-order valence-electron chi connectivity index (χ0n) is 15.5. The molecule has 1 fully saturated rings. The Morgan fingerprint density at radius 2 is 1.66 bits per heavy atom. The maximum atomic E-state index is 13.4. The summed E-state index contributed by atoms with van der Waals surface area (Å²) in [5, 5.41) is 4.09. The standard InChI is InChI=1S/C20H19F2N3O3S/c21-18-7-6-17(13-19(18)22)29(26,27)25-10-8-24(9-11-25)14-16-12-20(23-28-16)15-4-2-1-3-5-15/h1-7,12-13H,8-11,14H2. The molecular formula is C20H19F2N3O3S. The molecule has 0 bridgehead atoms. The fraction of sp³-hybridized carbons (Fsp3) is 0.250. The van der Waals surface area contributed by atoms with Crippen molar-refractivity contribution in [2.75, 3.05) is 26.2 Å². The van der Waals surface area contributed by atoms with E-state index in [4.69, 9.17) is 4.52 Å². The van der Waals surface area contributed by atoms with Crippen LogP contribution < -0.4 is 0 Å². The smallest absolute Gasteiger partial charge is 0.243 e. The van der Waals surface area contributed by atoms with Crippen LogP contribution in [0.3, 0.4) is 0 Å². The predicted molar refractivity (Wildman–Crippen MR) is 102 cm³/mol. The number of hydrogen-bond donors (Lipinski definition) is 0. The first-order chi connectivity index (χ1) is 13.9. The highest BCUT2D eigenvalue weighted by Crippen LogP contribution is 2.22. The minimum absolute atomic E-state index is 0.243. The minimum atomic E-state index is -3.87. The van der Waals surface area contributed by atoms with Gasteiger partial charge in [-0.1, -0.05) is 35.5 Å². The van der Waals surface area contributed by atoms with E-state index in [9.17, 15) is 17.2 Å². The zero-order valence-corrected chi connectivity index (χ0v) is 16.3. The van der Waals surface area contributed by atoms with Gasteiger partial charge in [0, 0.05) is 37.8 Å². The molecule has 1 aromatic heterocycles. The average Bonchev–Trinajstić information content (AvgIpc) is 3.19. The van der Waals surface area contributed by atoms with Gasteiger partial charge in [0.2, 0.25) is 10.0 Å². The van der Waals surface area contributed by atoms with E-state index in [-0.39, 0.29) is 18.0 Å². The molecule has 0 saturated carbocycles. The molecule has 3 aromatic rings. The average molecular weight is 419 g/mol. The van der Waals surface area contributed by atoms with Gasteiger partial charge in [-0.05, 0) is 18.2 Å². The second-order valence-electron chi connectivity index (χ2n) is 6.80. The van der Waals surface area contributed by atoms with Gasteiger partial charge in [-0.2, -0.15) is 4.31 Å². The van der Waals surface area contributed by atoms with Crippen LogP contribution in [0.5, 0.6) is 0 Å². The highest BCUT2D eigenvalue weighted by atomic mass is 32.2. The number of rotatable bonds is 5.